The summed E-state index contributed by atoms with van der Waals surface area (Å²) >= 11 is 7.14. The Morgan fingerprint density at radius 1 is 1.41 bits per heavy atom. The topological polar surface area (TPSA) is 67.4 Å². The van der Waals surface area contributed by atoms with Crippen LogP contribution >= 0.6 is 23.4 Å². The van der Waals surface area contributed by atoms with Gasteiger partial charge in [-0.15, -0.1) is 10.2 Å². The lowest BCUT2D eigenvalue weighted by Gasteiger charge is -2.01. The Labute approximate surface area is 107 Å². The largest absolute Gasteiger partial charge is 0.309 e. The maximum atomic E-state index is 8.83. The van der Waals surface area contributed by atoms with Gasteiger partial charge < -0.3 is 4.57 Å². The fraction of sp³-hybridized carbons (Fsp3) is 0.200. The molecule has 2 aromatic rings. The molecule has 2 rings (SSSR count). The van der Waals surface area contributed by atoms with E-state index < -0.39 is 0 Å². The minimum Gasteiger partial charge on any atom is -0.309 e. The molecule has 7 heteroatoms. The highest BCUT2D eigenvalue weighted by Gasteiger charge is 2.09. The Bertz CT molecular complexity index is 601. The summed E-state index contributed by atoms with van der Waals surface area (Å²) in [6.07, 6.45) is 0. The van der Waals surface area contributed by atoms with E-state index in [9.17, 15) is 0 Å². The molecule has 0 aliphatic heterocycles. The van der Waals surface area contributed by atoms with Gasteiger partial charge in [0.15, 0.2) is 5.16 Å². The molecule has 0 saturated heterocycles. The number of rotatable bonds is 2. The van der Waals surface area contributed by atoms with Gasteiger partial charge in [0.05, 0.1) is 11.6 Å². The van der Waals surface area contributed by atoms with Crippen LogP contribution in [0.5, 0.6) is 0 Å². The molecule has 0 N–H and O–H groups in total. The van der Waals surface area contributed by atoms with Gasteiger partial charge in [-0.1, -0.05) is 11.6 Å². The molecule has 0 amide bonds. The first-order valence-electron chi connectivity index (χ1n) is 4.71. The molecule has 0 radical (unpaired) electrons. The maximum Gasteiger partial charge on any atom is 0.197 e. The predicted molar refractivity (Wildman–Crippen MR) is 63.8 cm³/mol. The van der Waals surface area contributed by atoms with Crippen molar-refractivity contribution in [1.82, 2.24) is 19.7 Å². The van der Waals surface area contributed by atoms with Crippen LogP contribution in [0.3, 0.4) is 0 Å². The molecule has 2 aromatic heterocycles. The fourth-order valence-electron chi connectivity index (χ4n) is 1.16. The van der Waals surface area contributed by atoms with E-state index in [0.717, 1.165) is 5.82 Å². The number of nitrogens with zero attached hydrogens (tertiary/aromatic N) is 5. The normalized spacial score (nSPS) is 10.2. The van der Waals surface area contributed by atoms with Gasteiger partial charge in [-0.05, 0) is 30.8 Å². The van der Waals surface area contributed by atoms with E-state index in [1.807, 2.05) is 24.6 Å². The van der Waals surface area contributed by atoms with Crippen LogP contribution in [0, 0.1) is 18.3 Å². The summed E-state index contributed by atoms with van der Waals surface area (Å²) in [4.78, 5) is 4.12. The summed E-state index contributed by atoms with van der Waals surface area (Å²) in [5.41, 5.74) is 0.478. The smallest absolute Gasteiger partial charge is 0.197 e. The van der Waals surface area contributed by atoms with Gasteiger partial charge in [0, 0.05) is 7.05 Å². The monoisotopic (exact) mass is 265 g/mol. The van der Waals surface area contributed by atoms with E-state index in [-0.39, 0.29) is 0 Å². The van der Waals surface area contributed by atoms with Gasteiger partial charge in [0.2, 0.25) is 0 Å². The molecule has 5 nitrogen and oxygen atoms in total. The van der Waals surface area contributed by atoms with Crippen molar-refractivity contribution in [2.24, 2.45) is 7.05 Å². The third-order valence-electron chi connectivity index (χ3n) is 2.15. The highest BCUT2D eigenvalue weighted by Crippen LogP contribution is 2.26. The van der Waals surface area contributed by atoms with Crippen LogP contribution in [0.15, 0.2) is 22.3 Å². The number of aromatic nitrogens is 4. The molecule has 2 heterocycles. The Balaban J connectivity index is 2.33. The summed E-state index contributed by atoms with van der Waals surface area (Å²) < 4.78 is 1.85. The molecule has 0 bridgehead atoms. The van der Waals surface area contributed by atoms with Crippen molar-refractivity contribution in [2.75, 3.05) is 0 Å². The third-order valence-corrected chi connectivity index (χ3v) is 3.30. The van der Waals surface area contributed by atoms with Crippen molar-refractivity contribution in [2.45, 2.75) is 17.1 Å². The number of halogens is 1. The predicted octanol–water partition coefficient (Wildman–Crippen LogP) is 2.19. The fourth-order valence-corrected chi connectivity index (χ4v) is 2.29. The minimum atomic E-state index is 0.297. The molecule has 17 heavy (non-hydrogen) atoms. The molecule has 0 saturated carbocycles. The maximum absolute atomic E-state index is 8.83. The van der Waals surface area contributed by atoms with Crippen molar-refractivity contribution in [3.8, 4) is 6.07 Å². The zero-order chi connectivity index (χ0) is 12.4. The van der Waals surface area contributed by atoms with Gasteiger partial charge in [-0.25, -0.2) is 4.98 Å². The molecule has 0 atom stereocenters. The summed E-state index contributed by atoms with van der Waals surface area (Å²) in [5.74, 6) is 0.815. The molecule has 0 spiro atoms. The molecular weight excluding hydrogens is 258 g/mol. The minimum absolute atomic E-state index is 0.297. The van der Waals surface area contributed by atoms with Gasteiger partial charge in [-0.3, -0.25) is 0 Å². The molecule has 0 aliphatic rings. The van der Waals surface area contributed by atoms with Crippen molar-refractivity contribution >= 4 is 23.4 Å². The number of hydrogen-bond donors (Lipinski definition) is 0. The average molecular weight is 266 g/mol. The Morgan fingerprint density at radius 2 is 2.18 bits per heavy atom. The second kappa shape index (κ2) is 4.73. The first kappa shape index (κ1) is 11.9. The van der Waals surface area contributed by atoms with Crippen LogP contribution in [0.25, 0.3) is 0 Å². The average Bonchev–Trinajstić information content (AvgIpc) is 2.60. The molecule has 0 fully saturated rings. The highest BCUT2D eigenvalue weighted by atomic mass is 35.5. The van der Waals surface area contributed by atoms with Crippen molar-refractivity contribution < 1.29 is 0 Å². The molecule has 86 valence electrons. The lowest BCUT2D eigenvalue weighted by Crippen LogP contribution is -1.94. The van der Waals surface area contributed by atoms with Gasteiger partial charge >= 0.3 is 0 Å². The Kier molecular flexibility index (Phi) is 3.31. The molecular formula is C10H8ClN5S. The van der Waals surface area contributed by atoms with Crippen LogP contribution in [0.4, 0.5) is 0 Å². The van der Waals surface area contributed by atoms with E-state index in [1.54, 1.807) is 6.07 Å². The zero-order valence-corrected chi connectivity index (χ0v) is 10.7. The number of hydrogen-bond acceptors (Lipinski definition) is 5. The number of aryl methyl sites for hydroxylation is 1. The summed E-state index contributed by atoms with van der Waals surface area (Å²) in [5, 5.41) is 18.4. The van der Waals surface area contributed by atoms with Crippen molar-refractivity contribution in [3.63, 3.8) is 0 Å². The quantitative estimate of drug-likeness (QED) is 0.779. The lowest BCUT2D eigenvalue weighted by molar-refractivity contribution is 0.764. The Morgan fingerprint density at radius 3 is 2.76 bits per heavy atom. The van der Waals surface area contributed by atoms with Crippen LogP contribution < -0.4 is 0 Å². The van der Waals surface area contributed by atoms with Crippen LogP contribution in [-0.4, -0.2) is 19.7 Å². The number of nitriles is 1. The van der Waals surface area contributed by atoms with Crippen molar-refractivity contribution in [3.05, 3.63) is 28.7 Å². The zero-order valence-electron chi connectivity index (χ0n) is 9.18. The molecule has 0 aromatic carbocycles. The molecule has 0 aliphatic carbocycles. The van der Waals surface area contributed by atoms with Crippen LogP contribution in [-0.2, 0) is 7.05 Å². The van der Waals surface area contributed by atoms with E-state index in [2.05, 4.69) is 15.2 Å². The molecule has 0 unspecified atom stereocenters. The van der Waals surface area contributed by atoms with E-state index in [0.29, 0.717) is 20.9 Å². The first-order valence-corrected chi connectivity index (χ1v) is 5.91. The lowest BCUT2D eigenvalue weighted by atomic mass is 10.3. The second-order valence-corrected chi connectivity index (χ2v) is 4.69. The van der Waals surface area contributed by atoms with E-state index in [4.69, 9.17) is 16.9 Å². The summed E-state index contributed by atoms with van der Waals surface area (Å²) in [6.45, 7) is 1.86. The van der Waals surface area contributed by atoms with Crippen LogP contribution in [0.2, 0.25) is 5.15 Å². The van der Waals surface area contributed by atoms with Crippen LogP contribution in [0.1, 0.15) is 11.4 Å². The SMILES string of the molecule is Cc1nnc(Sc2cc(C#N)cc(Cl)n2)n1C. The van der Waals surface area contributed by atoms with Crippen molar-refractivity contribution in [1.29, 1.82) is 5.26 Å². The standard InChI is InChI=1S/C10H8ClN5S/c1-6-14-15-10(16(6)2)17-9-4-7(5-12)3-8(11)13-9/h3-4H,1-2H3. The van der Waals surface area contributed by atoms with Gasteiger partial charge in [0.25, 0.3) is 0 Å². The number of pyridine rings is 1. The van der Waals surface area contributed by atoms with Gasteiger partial charge in [-0.2, -0.15) is 5.26 Å². The highest BCUT2D eigenvalue weighted by molar-refractivity contribution is 7.99. The summed E-state index contributed by atoms with van der Waals surface area (Å²) in [6, 6.07) is 5.22. The summed E-state index contributed by atoms with van der Waals surface area (Å²) in [7, 11) is 1.87. The first-order chi connectivity index (χ1) is 8.10. The third kappa shape index (κ3) is 2.57. The van der Waals surface area contributed by atoms with Gasteiger partial charge in [0.1, 0.15) is 16.0 Å². The van der Waals surface area contributed by atoms with E-state index in [1.165, 1.54) is 17.8 Å². The second-order valence-electron chi connectivity index (χ2n) is 3.32. The van der Waals surface area contributed by atoms with E-state index >= 15 is 0 Å². The Hall–Kier alpha value is -1.58.